The predicted octanol–water partition coefficient (Wildman–Crippen LogP) is 17.7. The van der Waals surface area contributed by atoms with Crippen molar-refractivity contribution in [2.24, 2.45) is 0 Å². The number of rotatable bonds is 49. The summed E-state index contributed by atoms with van der Waals surface area (Å²) in [4.78, 5) is 38.0. The Kier molecular flexibility index (Phi) is 49.3. The summed E-state index contributed by atoms with van der Waals surface area (Å²) in [5, 5.41) is 0. The van der Waals surface area contributed by atoms with Crippen LogP contribution in [-0.4, -0.2) is 37.2 Å². The molecule has 0 amide bonds. The number of allylic oxidation sites excluding steroid dienone is 6. The lowest BCUT2D eigenvalue weighted by atomic mass is 10.0. The van der Waals surface area contributed by atoms with Gasteiger partial charge in [0, 0.05) is 19.3 Å². The molecule has 0 aromatic heterocycles. The molecule has 0 saturated heterocycles. The second kappa shape index (κ2) is 51.3. The van der Waals surface area contributed by atoms with E-state index in [9.17, 15) is 14.4 Å². The number of carbonyl (C=O) groups is 3. The minimum atomic E-state index is -0.777. The molecule has 0 aliphatic rings. The van der Waals surface area contributed by atoms with Gasteiger partial charge in [0.25, 0.3) is 0 Å². The average molecular weight is 871 g/mol. The second-order valence-corrected chi connectivity index (χ2v) is 18.1. The van der Waals surface area contributed by atoms with Gasteiger partial charge < -0.3 is 14.2 Å². The van der Waals surface area contributed by atoms with E-state index in [4.69, 9.17) is 14.2 Å². The van der Waals surface area contributed by atoms with Crippen LogP contribution in [0.3, 0.4) is 0 Å². The third-order valence-corrected chi connectivity index (χ3v) is 11.9. The van der Waals surface area contributed by atoms with Crippen LogP contribution in [0.2, 0.25) is 0 Å². The number of unbranched alkanes of at least 4 members (excludes halogenated alkanes) is 32. The van der Waals surface area contributed by atoms with Gasteiger partial charge in [0.05, 0.1) is 0 Å². The van der Waals surface area contributed by atoms with Crippen LogP contribution in [0, 0.1) is 0 Å². The molecule has 0 aromatic carbocycles. The summed E-state index contributed by atoms with van der Waals surface area (Å²) in [7, 11) is 0. The SMILES string of the molecule is CCCC/C=C\C/C=C\CCCCCCCC(=O)OCC(COC(=O)CCCCCCC/C=C\CCCCCCCC)OC(=O)CCCCCCCCCCCCCCCCC. The number of ether oxygens (including phenoxy) is 3. The fraction of sp³-hybridized carbons (Fsp3) is 0.839. The molecule has 6 heteroatoms. The molecule has 0 aliphatic heterocycles. The Morgan fingerprint density at radius 1 is 0.323 bits per heavy atom. The van der Waals surface area contributed by atoms with E-state index in [0.29, 0.717) is 19.3 Å². The molecule has 0 saturated carbocycles. The smallest absolute Gasteiger partial charge is 0.306 e. The summed E-state index contributed by atoms with van der Waals surface area (Å²) in [6.45, 7) is 6.60. The highest BCUT2D eigenvalue weighted by Crippen LogP contribution is 2.16. The summed E-state index contributed by atoms with van der Waals surface area (Å²) in [6.07, 6.45) is 59.8. The Morgan fingerprint density at radius 2 is 0.597 bits per heavy atom. The van der Waals surface area contributed by atoms with Crippen molar-refractivity contribution in [1.82, 2.24) is 0 Å². The van der Waals surface area contributed by atoms with E-state index in [1.165, 1.54) is 161 Å². The minimum absolute atomic E-state index is 0.0780. The first-order chi connectivity index (χ1) is 30.5. The molecule has 1 unspecified atom stereocenters. The van der Waals surface area contributed by atoms with E-state index >= 15 is 0 Å². The van der Waals surface area contributed by atoms with Gasteiger partial charge in [-0.25, -0.2) is 0 Å². The van der Waals surface area contributed by atoms with Gasteiger partial charge in [0.15, 0.2) is 6.10 Å². The van der Waals surface area contributed by atoms with E-state index in [0.717, 1.165) is 83.5 Å². The van der Waals surface area contributed by atoms with Gasteiger partial charge in [-0.1, -0.05) is 231 Å². The standard InChI is InChI=1S/C56H102O6/c1-4-7-10-13-16-19-22-25-28-31-34-37-40-43-46-49-55(58)61-52-53(51-60-54(57)48-45-42-39-36-33-30-27-24-21-18-15-12-9-6-3)62-56(59)50-47-44-41-38-35-32-29-26-23-20-17-14-11-8-5-2/h15,18,24-25,27-28,53H,4-14,16-17,19-23,26,29-52H2,1-3H3/b18-15-,27-24-,28-25-. The Bertz CT molecular complexity index is 1050. The molecule has 62 heavy (non-hydrogen) atoms. The molecule has 1 atom stereocenters. The van der Waals surface area contributed by atoms with Crippen molar-refractivity contribution in [3.05, 3.63) is 36.5 Å². The largest absolute Gasteiger partial charge is 0.462 e. The third-order valence-electron chi connectivity index (χ3n) is 11.9. The fourth-order valence-corrected chi connectivity index (χ4v) is 7.75. The molecule has 0 aromatic rings. The summed E-state index contributed by atoms with van der Waals surface area (Å²) in [5.41, 5.74) is 0. The summed E-state index contributed by atoms with van der Waals surface area (Å²) < 4.78 is 16.8. The van der Waals surface area contributed by atoms with Crippen molar-refractivity contribution in [3.63, 3.8) is 0 Å². The van der Waals surface area contributed by atoms with Crippen LogP contribution < -0.4 is 0 Å². The van der Waals surface area contributed by atoms with E-state index in [1.54, 1.807) is 0 Å². The Balaban J connectivity index is 4.38. The highest BCUT2D eigenvalue weighted by molar-refractivity contribution is 5.71. The van der Waals surface area contributed by atoms with Crippen molar-refractivity contribution in [1.29, 1.82) is 0 Å². The van der Waals surface area contributed by atoms with Gasteiger partial charge in [-0.15, -0.1) is 0 Å². The monoisotopic (exact) mass is 871 g/mol. The highest BCUT2D eigenvalue weighted by atomic mass is 16.6. The quantitative estimate of drug-likeness (QED) is 0.0262. The van der Waals surface area contributed by atoms with E-state index in [1.807, 2.05) is 0 Å². The summed E-state index contributed by atoms with van der Waals surface area (Å²) >= 11 is 0. The number of hydrogen-bond acceptors (Lipinski definition) is 6. The lowest BCUT2D eigenvalue weighted by Gasteiger charge is -2.18. The van der Waals surface area contributed by atoms with Gasteiger partial charge in [0.2, 0.25) is 0 Å². The second-order valence-electron chi connectivity index (χ2n) is 18.1. The first-order valence-electron chi connectivity index (χ1n) is 27.0. The maximum Gasteiger partial charge on any atom is 0.306 e. The molecule has 0 spiro atoms. The van der Waals surface area contributed by atoms with Crippen molar-refractivity contribution in [2.45, 2.75) is 290 Å². The molecule has 0 radical (unpaired) electrons. The lowest BCUT2D eigenvalue weighted by molar-refractivity contribution is -0.167. The predicted molar refractivity (Wildman–Crippen MR) is 266 cm³/mol. The molecule has 0 N–H and O–H groups in total. The number of carbonyl (C=O) groups excluding carboxylic acids is 3. The van der Waals surface area contributed by atoms with Crippen LogP contribution in [-0.2, 0) is 28.6 Å². The van der Waals surface area contributed by atoms with Crippen LogP contribution in [0.1, 0.15) is 284 Å². The topological polar surface area (TPSA) is 78.9 Å². The van der Waals surface area contributed by atoms with Crippen LogP contribution in [0.5, 0.6) is 0 Å². The van der Waals surface area contributed by atoms with Crippen LogP contribution in [0.25, 0.3) is 0 Å². The lowest BCUT2D eigenvalue weighted by Crippen LogP contribution is -2.30. The van der Waals surface area contributed by atoms with Gasteiger partial charge in [-0.3, -0.25) is 14.4 Å². The minimum Gasteiger partial charge on any atom is -0.462 e. The summed E-state index contributed by atoms with van der Waals surface area (Å²) in [6, 6.07) is 0. The summed E-state index contributed by atoms with van der Waals surface area (Å²) in [5.74, 6) is -0.887. The zero-order valence-electron chi connectivity index (χ0n) is 41.4. The molecule has 6 nitrogen and oxygen atoms in total. The maximum atomic E-state index is 12.8. The fourth-order valence-electron chi connectivity index (χ4n) is 7.75. The number of hydrogen-bond donors (Lipinski definition) is 0. The van der Waals surface area contributed by atoms with Gasteiger partial charge in [-0.2, -0.15) is 0 Å². The first-order valence-corrected chi connectivity index (χ1v) is 27.0. The van der Waals surface area contributed by atoms with Gasteiger partial charge in [0.1, 0.15) is 13.2 Å². The highest BCUT2D eigenvalue weighted by Gasteiger charge is 2.19. The molecule has 0 aliphatic carbocycles. The van der Waals surface area contributed by atoms with Crippen molar-refractivity contribution in [2.75, 3.05) is 13.2 Å². The Hall–Kier alpha value is -2.37. The normalized spacial score (nSPS) is 12.2. The molecular formula is C56H102O6. The van der Waals surface area contributed by atoms with Crippen LogP contribution in [0.15, 0.2) is 36.5 Å². The van der Waals surface area contributed by atoms with E-state index in [-0.39, 0.29) is 31.1 Å². The molecule has 0 bridgehead atoms. The molecule has 0 rings (SSSR count). The first kappa shape index (κ1) is 59.6. The van der Waals surface area contributed by atoms with Crippen molar-refractivity contribution >= 4 is 17.9 Å². The average Bonchev–Trinajstić information content (AvgIpc) is 3.27. The zero-order valence-corrected chi connectivity index (χ0v) is 41.4. The molecule has 362 valence electrons. The van der Waals surface area contributed by atoms with Gasteiger partial charge >= 0.3 is 17.9 Å². The van der Waals surface area contributed by atoms with Crippen molar-refractivity contribution < 1.29 is 28.6 Å². The van der Waals surface area contributed by atoms with Crippen molar-refractivity contribution in [3.8, 4) is 0 Å². The maximum absolute atomic E-state index is 12.8. The van der Waals surface area contributed by atoms with Crippen LogP contribution in [0.4, 0.5) is 0 Å². The van der Waals surface area contributed by atoms with E-state index in [2.05, 4.69) is 57.2 Å². The van der Waals surface area contributed by atoms with Gasteiger partial charge in [-0.05, 0) is 70.6 Å². The van der Waals surface area contributed by atoms with Crippen LogP contribution >= 0.6 is 0 Å². The zero-order chi connectivity index (χ0) is 45.1. The Labute approximate surface area is 385 Å². The van der Waals surface area contributed by atoms with E-state index < -0.39 is 6.10 Å². The molecule has 0 fully saturated rings. The molecule has 0 heterocycles. The third kappa shape index (κ3) is 48.7. The number of esters is 3. The Morgan fingerprint density at radius 3 is 0.952 bits per heavy atom. The molecular weight excluding hydrogens is 769 g/mol.